The van der Waals surface area contributed by atoms with E-state index in [1.165, 1.54) is 27.5 Å². The number of aromatic nitrogens is 2. The Bertz CT molecular complexity index is 3980. The molecule has 12 aromatic rings. The highest BCUT2D eigenvalue weighted by molar-refractivity contribution is 6.94. The number of para-hydroxylation sites is 2. The second-order valence-electron chi connectivity index (χ2n) is 19.9. The van der Waals surface area contributed by atoms with Gasteiger partial charge in [0, 0.05) is 67.3 Å². The Balaban J connectivity index is 1.21. The molecule has 8 aromatic carbocycles. The van der Waals surface area contributed by atoms with Crippen LogP contribution in [-0.2, 0) is 10.8 Å². The zero-order chi connectivity index (χ0) is 43.0. The maximum atomic E-state index is 7.19. The number of hydrogen-bond acceptors (Lipinski definition) is 5. The number of oxazole rings is 1. The Morgan fingerprint density at radius 3 is 1.98 bits per heavy atom. The van der Waals surface area contributed by atoms with Crippen molar-refractivity contribution in [1.29, 1.82) is 0 Å². The summed E-state index contributed by atoms with van der Waals surface area (Å²) < 4.78 is 23.1. The fourth-order valence-electron chi connectivity index (χ4n) is 11.0. The van der Waals surface area contributed by atoms with Crippen molar-refractivity contribution in [2.75, 3.05) is 4.81 Å². The number of rotatable bonds is 2. The van der Waals surface area contributed by atoms with Crippen LogP contribution in [0.4, 0.5) is 11.4 Å². The van der Waals surface area contributed by atoms with E-state index in [9.17, 15) is 0 Å². The van der Waals surface area contributed by atoms with E-state index >= 15 is 0 Å². The summed E-state index contributed by atoms with van der Waals surface area (Å²) in [7, 11) is 0. The second kappa shape index (κ2) is 12.1. The highest BCUT2D eigenvalue weighted by Crippen LogP contribution is 2.53. The summed E-state index contributed by atoms with van der Waals surface area (Å²) in [6.45, 7) is 13.4. The lowest BCUT2D eigenvalue weighted by Crippen LogP contribution is -2.60. The van der Waals surface area contributed by atoms with E-state index < -0.39 is 0 Å². The van der Waals surface area contributed by atoms with Crippen LogP contribution >= 0.6 is 0 Å². The zero-order valence-corrected chi connectivity index (χ0v) is 36.5. The molecule has 306 valence electrons. The molecule has 14 rings (SSSR count). The molecule has 0 spiro atoms. The summed E-state index contributed by atoms with van der Waals surface area (Å²) >= 11 is 0. The Morgan fingerprint density at radius 2 is 1.22 bits per heavy atom. The average molecular weight is 828 g/mol. The van der Waals surface area contributed by atoms with Crippen LogP contribution in [0.15, 0.2) is 159 Å². The third-order valence-electron chi connectivity index (χ3n) is 14.1. The number of fused-ring (bicyclic) bond motifs is 17. The highest BCUT2D eigenvalue weighted by atomic mass is 16.3. The minimum atomic E-state index is -0.263. The van der Waals surface area contributed by atoms with Gasteiger partial charge >= 0.3 is 6.85 Å². The van der Waals surface area contributed by atoms with Crippen LogP contribution in [0.1, 0.15) is 52.7 Å². The first-order valence-corrected chi connectivity index (χ1v) is 22.3. The van der Waals surface area contributed by atoms with E-state index in [0.717, 1.165) is 105 Å². The summed E-state index contributed by atoms with van der Waals surface area (Å²) in [5, 5.41) is 6.74. The van der Waals surface area contributed by atoms with E-state index in [-0.39, 0.29) is 17.7 Å². The molecule has 0 amide bonds. The second-order valence-corrected chi connectivity index (χ2v) is 19.9. The Labute approximate surface area is 369 Å². The molecule has 2 aliphatic heterocycles. The van der Waals surface area contributed by atoms with Gasteiger partial charge in [-0.25, -0.2) is 4.98 Å². The van der Waals surface area contributed by atoms with Crippen molar-refractivity contribution in [3.63, 3.8) is 0 Å². The lowest BCUT2D eigenvalue weighted by Gasteiger charge is -2.42. The topological polar surface area (TPSA) is 60.5 Å². The minimum absolute atomic E-state index is 0.00914. The summed E-state index contributed by atoms with van der Waals surface area (Å²) in [6.07, 6.45) is 0. The van der Waals surface area contributed by atoms with Crippen LogP contribution in [0.25, 0.3) is 105 Å². The molecule has 0 saturated carbocycles. The van der Waals surface area contributed by atoms with Gasteiger partial charge in [0.25, 0.3) is 0 Å². The summed E-state index contributed by atoms with van der Waals surface area (Å²) in [5.41, 5.74) is 18.8. The molecule has 0 aliphatic carbocycles. The normalized spacial score (nSPS) is 13.7. The van der Waals surface area contributed by atoms with Crippen LogP contribution in [0.3, 0.4) is 0 Å². The standard InChI is InChI=1S/C57H42BN3O3/c1-56(2,3)32-20-23-34(24-21-32)61-43-29-47-37(35-16-10-12-18-45(35)62-47)27-39(43)49-50-36-17-11-13-19-46(36)63-54(50)51-38-26-33(57(4,5)6)22-25-42(38)60-44-30-48-41(28-40(44)58(61)52(49)53(51)60)59-55(64-48)31-14-8-7-9-15-31/h7-30H,1-6H3. The van der Waals surface area contributed by atoms with Gasteiger partial charge in [0.05, 0.1) is 16.4 Å². The van der Waals surface area contributed by atoms with Gasteiger partial charge in [-0.2, -0.15) is 0 Å². The third kappa shape index (κ3) is 4.73. The number of benzene rings is 8. The Kier molecular flexibility index (Phi) is 6.84. The van der Waals surface area contributed by atoms with Crippen LogP contribution in [0.2, 0.25) is 0 Å². The molecule has 0 radical (unpaired) electrons. The molecule has 0 unspecified atom stereocenters. The van der Waals surface area contributed by atoms with Crippen LogP contribution < -0.4 is 15.7 Å². The smallest absolute Gasteiger partial charge is 0.333 e. The molecule has 2 aliphatic rings. The lowest BCUT2D eigenvalue weighted by atomic mass is 9.43. The number of anilines is 2. The molecular weight excluding hydrogens is 785 g/mol. The van der Waals surface area contributed by atoms with E-state index in [1.807, 2.05) is 24.3 Å². The fourth-order valence-corrected chi connectivity index (χ4v) is 11.0. The molecule has 6 heterocycles. The molecule has 7 heteroatoms. The monoisotopic (exact) mass is 827 g/mol. The van der Waals surface area contributed by atoms with Gasteiger partial charge in [-0.1, -0.05) is 114 Å². The predicted molar refractivity (Wildman–Crippen MR) is 265 cm³/mol. The Hall–Kier alpha value is -7.51. The van der Waals surface area contributed by atoms with Gasteiger partial charge in [-0.05, 0) is 99.1 Å². The van der Waals surface area contributed by atoms with Crippen molar-refractivity contribution in [2.45, 2.75) is 52.4 Å². The first kappa shape index (κ1) is 36.0. The maximum absolute atomic E-state index is 7.19. The quantitative estimate of drug-likeness (QED) is 0.162. The van der Waals surface area contributed by atoms with Gasteiger partial charge < -0.3 is 22.6 Å². The van der Waals surface area contributed by atoms with E-state index in [2.05, 4.69) is 172 Å². The average Bonchev–Trinajstić information content (AvgIpc) is 4.07. The SMILES string of the molecule is CC(C)(C)c1ccc(N2B3c4cc5nc(-c6ccccc6)oc5cc4-n4c5ccc(C(C)(C)C)cc5c5c6oc7ccccc7c6c(c3c54)-c3cc4c(cc32)oc2ccccc24)cc1. The minimum Gasteiger partial charge on any atom is -0.456 e. The maximum Gasteiger partial charge on any atom is 0.333 e. The molecule has 0 N–H and O–H groups in total. The zero-order valence-electron chi connectivity index (χ0n) is 36.5. The largest absolute Gasteiger partial charge is 0.456 e. The van der Waals surface area contributed by atoms with Crippen molar-refractivity contribution in [3.05, 3.63) is 157 Å². The van der Waals surface area contributed by atoms with Crippen molar-refractivity contribution in [2.24, 2.45) is 0 Å². The summed E-state index contributed by atoms with van der Waals surface area (Å²) in [5.74, 6) is 0.605. The van der Waals surface area contributed by atoms with E-state index in [1.54, 1.807) is 0 Å². The number of hydrogen-bond donors (Lipinski definition) is 0. The van der Waals surface area contributed by atoms with Gasteiger partial charge in [-0.3, -0.25) is 0 Å². The fraction of sp³-hybridized carbons (Fsp3) is 0.140. The van der Waals surface area contributed by atoms with E-state index in [0.29, 0.717) is 5.89 Å². The van der Waals surface area contributed by atoms with Gasteiger partial charge in [-0.15, -0.1) is 0 Å². The molecule has 4 aromatic heterocycles. The van der Waals surface area contributed by atoms with Gasteiger partial charge in [0.2, 0.25) is 5.89 Å². The number of nitrogens with zero attached hydrogens (tertiary/aromatic N) is 3. The molecule has 0 atom stereocenters. The highest BCUT2D eigenvalue weighted by Gasteiger charge is 2.47. The third-order valence-corrected chi connectivity index (χ3v) is 14.1. The van der Waals surface area contributed by atoms with Crippen molar-refractivity contribution < 1.29 is 13.3 Å². The van der Waals surface area contributed by atoms with Crippen LogP contribution in [-0.4, -0.2) is 16.4 Å². The first-order chi connectivity index (χ1) is 31.0. The molecule has 0 saturated heterocycles. The summed E-state index contributed by atoms with van der Waals surface area (Å²) in [4.78, 5) is 7.76. The predicted octanol–water partition coefficient (Wildman–Crippen LogP) is 14.2. The molecular formula is C57H42BN3O3. The molecule has 6 nitrogen and oxygen atoms in total. The molecule has 64 heavy (non-hydrogen) atoms. The number of furan rings is 2. The summed E-state index contributed by atoms with van der Waals surface area (Å²) in [6, 6.07) is 52.6. The van der Waals surface area contributed by atoms with Gasteiger partial charge in [0.1, 0.15) is 27.8 Å². The van der Waals surface area contributed by atoms with Crippen molar-refractivity contribution >= 4 is 106 Å². The van der Waals surface area contributed by atoms with Crippen LogP contribution in [0, 0.1) is 0 Å². The Morgan fingerprint density at radius 1 is 0.531 bits per heavy atom. The molecule has 0 fully saturated rings. The first-order valence-electron chi connectivity index (χ1n) is 22.3. The van der Waals surface area contributed by atoms with Crippen molar-refractivity contribution in [3.8, 4) is 28.3 Å². The lowest BCUT2D eigenvalue weighted by molar-refractivity contribution is 0.590. The van der Waals surface area contributed by atoms with Crippen LogP contribution in [0.5, 0.6) is 0 Å². The molecule has 0 bridgehead atoms. The van der Waals surface area contributed by atoms with Crippen molar-refractivity contribution in [1.82, 2.24) is 9.55 Å². The van der Waals surface area contributed by atoms with Gasteiger partial charge in [0.15, 0.2) is 5.58 Å². The van der Waals surface area contributed by atoms with E-state index in [4.69, 9.17) is 18.2 Å².